The predicted octanol–water partition coefficient (Wildman–Crippen LogP) is 3.62. The van der Waals surface area contributed by atoms with Gasteiger partial charge in [-0.15, -0.1) is 0 Å². The first-order valence-electron chi connectivity index (χ1n) is 5.58. The van der Waals surface area contributed by atoms with Gasteiger partial charge in [-0.3, -0.25) is 4.79 Å². The maximum absolute atomic E-state index is 11.1. The largest absolute Gasteiger partial charge is 0.481 e. The number of carboxylic acids is 1. The molecule has 0 heterocycles. The minimum Gasteiger partial charge on any atom is -0.481 e. The maximum Gasteiger partial charge on any atom is 0.307 e. The molecule has 1 fully saturated rings. The van der Waals surface area contributed by atoms with Crippen LogP contribution in [0, 0.1) is 12.8 Å². The van der Waals surface area contributed by atoms with Crippen LogP contribution in [0.2, 0.25) is 5.02 Å². The van der Waals surface area contributed by atoms with Crippen LogP contribution in [-0.4, -0.2) is 11.1 Å². The molecule has 1 aromatic carbocycles. The van der Waals surface area contributed by atoms with E-state index >= 15 is 0 Å². The Kier molecular flexibility index (Phi) is 3.20. The first-order chi connectivity index (χ1) is 7.59. The third-order valence-corrected chi connectivity index (χ3v) is 3.86. The van der Waals surface area contributed by atoms with Gasteiger partial charge in [0.2, 0.25) is 0 Å². The van der Waals surface area contributed by atoms with Gasteiger partial charge in [-0.25, -0.2) is 0 Å². The first kappa shape index (κ1) is 11.5. The number of carboxylic acid groups (broad SMARTS) is 1. The van der Waals surface area contributed by atoms with Crippen LogP contribution in [0.25, 0.3) is 0 Å². The molecule has 1 aliphatic carbocycles. The molecule has 2 atom stereocenters. The highest BCUT2D eigenvalue weighted by Gasteiger charge is 2.33. The smallest absolute Gasteiger partial charge is 0.307 e. The van der Waals surface area contributed by atoms with Crippen LogP contribution >= 0.6 is 11.6 Å². The van der Waals surface area contributed by atoms with Gasteiger partial charge < -0.3 is 5.11 Å². The van der Waals surface area contributed by atoms with Crippen molar-refractivity contribution < 1.29 is 9.90 Å². The summed E-state index contributed by atoms with van der Waals surface area (Å²) in [6.07, 6.45) is 2.73. The van der Waals surface area contributed by atoms with Gasteiger partial charge in [-0.05, 0) is 42.9 Å². The Balaban J connectivity index is 2.29. The van der Waals surface area contributed by atoms with Gasteiger partial charge in [0.25, 0.3) is 0 Å². The van der Waals surface area contributed by atoms with Crippen molar-refractivity contribution in [2.75, 3.05) is 0 Å². The molecule has 1 saturated carbocycles. The van der Waals surface area contributed by atoms with E-state index in [2.05, 4.69) is 0 Å². The average molecular weight is 239 g/mol. The summed E-state index contributed by atoms with van der Waals surface area (Å²) in [4.78, 5) is 11.1. The lowest BCUT2D eigenvalue weighted by Gasteiger charge is -2.16. The summed E-state index contributed by atoms with van der Waals surface area (Å²) in [5, 5.41) is 9.87. The van der Waals surface area contributed by atoms with E-state index < -0.39 is 5.97 Å². The lowest BCUT2D eigenvalue weighted by Crippen LogP contribution is -2.16. The molecule has 3 heteroatoms. The highest BCUT2D eigenvalue weighted by Crippen LogP contribution is 2.40. The Morgan fingerprint density at radius 3 is 2.81 bits per heavy atom. The highest BCUT2D eigenvalue weighted by molar-refractivity contribution is 6.31. The van der Waals surface area contributed by atoms with Crippen molar-refractivity contribution in [1.29, 1.82) is 0 Å². The monoisotopic (exact) mass is 238 g/mol. The van der Waals surface area contributed by atoms with E-state index in [1.165, 1.54) is 0 Å². The van der Waals surface area contributed by atoms with E-state index in [-0.39, 0.29) is 11.8 Å². The van der Waals surface area contributed by atoms with Crippen LogP contribution in [0.1, 0.15) is 36.3 Å². The predicted molar refractivity (Wildman–Crippen MR) is 63.9 cm³/mol. The van der Waals surface area contributed by atoms with Gasteiger partial charge in [-0.2, -0.15) is 0 Å². The lowest BCUT2D eigenvalue weighted by molar-refractivity contribution is -0.142. The van der Waals surface area contributed by atoms with Crippen molar-refractivity contribution in [3.05, 3.63) is 34.3 Å². The summed E-state index contributed by atoms with van der Waals surface area (Å²) < 4.78 is 0. The van der Waals surface area contributed by atoms with Gasteiger partial charge in [0.05, 0.1) is 5.92 Å². The normalized spacial score (nSPS) is 24.6. The highest BCUT2D eigenvalue weighted by atomic mass is 35.5. The van der Waals surface area contributed by atoms with E-state index in [9.17, 15) is 4.79 Å². The Morgan fingerprint density at radius 1 is 1.44 bits per heavy atom. The van der Waals surface area contributed by atoms with E-state index in [0.29, 0.717) is 0 Å². The van der Waals surface area contributed by atoms with E-state index in [4.69, 9.17) is 16.7 Å². The Hall–Kier alpha value is -1.02. The molecule has 0 bridgehead atoms. The second-order valence-electron chi connectivity index (χ2n) is 4.49. The SMILES string of the molecule is Cc1ccc(C2CCCC2C(=O)O)cc1Cl. The first-order valence-corrected chi connectivity index (χ1v) is 5.96. The fourth-order valence-corrected chi connectivity index (χ4v) is 2.68. The van der Waals surface area contributed by atoms with Gasteiger partial charge in [-0.1, -0.05) is 30.2 Å². The van der Waals surface area contributed by atoms with E-state index in [1.807, 2.05) is 25.1 Å². The molecule has 0 aromatic heterocycles. The van der Waals surface area contributed by atoms with Gasteiger partial charge >= 0.3 is 5.97 Å². The second kappa shape index (κ2) is 4.46. The summed E-state index contributed by atoms with van der Waals surface area (Å²) in [5.74, 6) is -0.784. The van der Waals surface area contributed by atoms with E-state index in [1.54, 1.807) is 0 Å². The maximum atomic E-state index is 11.1. The molecular weight excluding hydrogens is 224 g/mol. The molecule has 16 heavy (non-hydrogen) atoms. The number of aryl methyl sites for hydroxylation is 1. The van der Waals surface area contributed by atoms with Crippen LogP contribution in [0.5, 0.6) is 0 Å². The van der Waals surface area contributed by atoms with Gasteiger partial charge in [0.15, 0.2) is 0 Å². The zero-order chi connectivity index (χ0) is 11.7. The van der Waals surface area contributed by atoms with Crippen LogP contribution in [0.4, 0.5) is 0 Å². The molecule has 1 aliphatic rings. The molecule has 2 rings (SSSR count). The number of halogens is 1. The molecule has 0 spiro atoms. The van der Waals surface area contributed by atoms with Crippen molar-refractivity contribution in [2.24, 2.45) is 5.92 Å². The fraction of sp³-hybridized carbons (Fsp3) is 0.462. The number of benzene rings is 1. The molecule has 2 unspecified atom stereocenters. The third-order valence-electron chi connectivity index (χ3n) is 3.46. The van der Waals surface area contributed by atoms with Crippen molar-refractivity contribution in [3.63, 3.8) is 0 Å². The van der Waals surface area contributed by atoms with Crippen LogP contribution < -0.4 is 0 Å². The number of rotatable bonds is 2. The molecule has 0 saturated heterocycles. The fourth-order valence-electron chi connectivity index (χ4n) is 2.49. The van der Waals surface area contributed by atoms with Crippen molar-refractivity contribution in [3.8, 4) is 0 Å². The number of hydrogen-bond acceptors (Lipinski definition) is 1. The summed E-state index contributed by atoms with van der Waals surface area (Å²) in [5.41, 5.74) is 2.11. The number of carbonyl (C=O) groups is 1. The summed E-state index contributed by atoms with van der Waals surface area (Å²) in [7, 11) is 0. The molecule has 0 amide bonds. The summed E-state index contributed by atoms with van der Waals surface area (Å²) in [6.45, 7) is 1.95. The molecular formula is C13H15ClO2. The van der Waals surface area contributed by atoms with Crippen LogP contribution in [0.3, 0.4) is 0 Å². The minimum atomic E-state index is -0.681. The lowest BCUT2D eigenvalue weighted by atomic mass is 9.88. The van der Waals surface area contributed by atoms with Crippen LogP contribution in [0.15, 0.2) is 18.2 Å². The average Bonchev–Trinajstić information content (AvgIpc) is 2.71. The standard InChI is InChI=1S/C13H15ClO2/c1-8-5-6-9(7-12(8)14)10-3-2-4-11(10)13(15)16/h5-7,10-11H,2-4H2,1H3,(H,15,16). The molecule has 2 nitrogen and oxygen atoms in total. The zero-order valence-electron chi connectivity index (χ0n) is 9.24. The quantitative estimate of drug-likeness (QED) is 0.855. The molecule has 86 valence electrons. The van der Waals surface area contributed by atoms with Crippen molar-refractivity contribution in [1.82, 2.24) is 0 Å². The second-order valence-corrected chi connectivity index (χ2v) is 4.90. The Labute approximate surface area is 100 Å². The van der Waals surface area contributed by atoms with Crippen molar-refractivity contribution in [2.45, 2.75) is 32.1 Å². The Bertz CT molecular complexity index is 414. The molecule has 0 aliphatic heterocycles. The van der Waals surface area contributed by atoms with Gasteiger partial charge in [0, 0.05) is 5.02 Å². The van der Waals surface area contributed by atoms with E-state index in [0.717, 1.165) is 35.4 Å². The van der Waals surface area contributed by atoms with Crippen molar-refractivity contribution >= 4 is 17.6 Å². The molecule has 1 N–H and O–H groups in total. The Morgan fingerprint density at radius 2 is 2.19 bits per heavy atom. The summed E-state index contributed by atoms with van der Waals surface area (Å²) >= 11 is 6.07. The summed E-state index contributed by atoms with van der Waals surface area (Å²) in [6, 6.07) is 5.89. The van der Waals surface area contributed by atoms with Crippen LogP contribution in [-0.2, 0) is 4.79 Å². The zero-order valence-corrected chi connectivity index (χ0v) is 10.00. The number of aliphatic carboxylic acids is 1. The molecule has 1 aromatic rings. The third kappa shape index (κ3) is 2.07. The minimum absolute atomic E-state index is 0.135. The number of hydrogen-bond donors (Lipinski definition) is 1. The topological polar surface area (TPSA) is 37.3 Å². The van der Waals surface area contributed by atoms with Gasteiger partial charge in [0.1, 0.15) is 0 Å². The molecule has 0 radical (unpaired) electrons.